The molecule has 0 spiro atoms. The molecule has 19 heteroatoms. The van der Waals surface area contributed by atoms with E-state index in [-0.39, 0.29) is 41.7 Å². The first-order valence-corrected chi connectivity index (χ1v) is 13.0. The number of nitrogens with zero attached hydrogens (tertiary/aromatic N) is 6. The number of imidazole rings is 2. The first kappa shape index (κ1) is 32.0. The number of nitrogens with one attached hydrogen (secondary N) is 4. The van der Waals surface area contributed by atoms with Crippen molar-refractivity contribution < 1.29 is 42.3 Å². The zero-order chi connectivity index (χ0) is 33.1. The van der Waals surface area contributed by atoms with Crippen LogP contribution in [0.2, 0.25) is 0 Å². The fourth-order valence-corrected chi connectivity index (χ4v) is 4.22. The van der Waals surface area contributed by atoms with Crippen LogP contribution < -0.4 is 21.3 Å². The van der Waals surface area contributed by atoms with Crippen molar-refractivity contribution in [1.82, 2.24) is 33.6 Å². The number of hydrogen-bond donors (Lipinski definition) is 5. The van der Waals surface area contributed by atoms with Gasteiger partial charge >= 0.3 is 12.1 Å². The van der Waals surface area contributed by atoms with E-state index in [0.29, 0.717) is 10.3 Å². The van der Waals surface area contributed by atoms with Crippen molar-refractivity contribution in [3.63, 3.8) is 0 Å². The zero-order valence-electron chi connectivity index (χ0n) is 24.0. The van der Waals surface area contributed by atoms with Crippen LogP contribution in [0.1, 0.15) is 48.6 Å². The van der Waals surface area contributed by atoms with Gasteiger partial charge in [0.1, 0.15) is 17.9 Å². The molecule has 0 saturated heterocycles. The maximum absolute atomic E-state index is 13.2. The van der Waals surface area contributed by atoms with Gasteiger partial charge < -0.3 is 44.6 Å². The molecule has 0 unspecified atom stereocenters. The number of carboxylic acids is 1. The fraction of sp³-hybridized carbons (Fsp3) is 0.269. The number of hydrogen-bond acceptors (Lipinski definition) is 7. The van der Waals surface area contributed by atoms with Crippen molar-refractivity contribution in [2.75, 3.05) is 22.5 Å². The highest BCUT2D eigenvalue weighted by Gasteiger charge is 2.31. The van der Waals surface area contributed by atoms with Crippen LogP contribution in [0.4, 0.5) is 30.4 Å². The molecule has 4 aromatic heterocycles. The van der Waals surface area contributed by atoms with Crippen molar-refractivity contribution in [2.45, 2.75) is 19.1 Å². The van der Waals surface area contributed by atoms with Gasteiger partial charge in [0, 0.05) is 65.1 Å². The van der Waals surface area contributed by atoms with Crippen molar-refractivity contribution >= 4 is 46.8 Å². The van der Waals surface area contributed by atoms with E-state index in [1.807, 2.05) is 0 Å². The summed E-state index contributed by atoms with van der Waals surface area (Å²) < 4.78 is 44.2. The number of amides is 4. The number of halogens is 3. The van der Waals surface area contributed by atoms with E-state index in [1.54, 1.807) is 20.3 Å². The molecule has 0 aromatic carbocycles. The van der Waals surface area contributed by atoms with Crippen LogP contribution in [0.15, 0.2) is 43.1 Å². The van der Waals surface area contributed by atoms with Gasteiger partial charge in [0.2, 0.25) is 11.7 Å². The Bertz CT molecular complexity index is 1780. The molecular formula is C26H27F3N10O6. The van der Waals surface area contributed by atoms with Crippen LogP contribution in [0.25, 0.3) is 0 Å². The SMILES string of the molecule is Cn1cc(NC(=O)c2nc(NC(=O)CCNC(=O)c3cc(NC(=O)c4nccn4C)cn3C)cn2CC(F)(F)F)cc1C(=O)O. The summed E-state index contributed by atoms with van der Waals surface area (Å²) >= 11 is 0. The Morgan fingerprint density at radius 3 is 1.98 bits per heavy atom. The molecule has 4 amide bonds. The Kier molecular flexibility index (Phi) is 9.10. The lowest BCUT2D eigenvalue weighted by atomic mass is 10.3. The van der Waals surface area contributed by atoms with E-state index in [1.165, 1.54) is 45.4 Å². The Labute approximate surface area is 251 Å². The number of carbonyl (C=O) groups is 5. The topological polar surface area (TPSA) is 199 Å². The lowest BCUT2D eigenvalue weighted by Crippen LogP contribution is -2.29. The molecule has 0 atom stereocenters. The third-order valence-corrected chi connectivity index (χ3v) is 6.24. The van der Waals surface area contributed by atoms with Gasteiger partial charge in [-0.25, -0.2) is 14.8 Å². The summed E-state index contributed by atoms with van der Waals surface area (Å²) in [6.45, 7) is -1.76. The Morgan fingerprint density at radius 2 is 1.42 bits per heavy atom. The third-order valence-electron chi connectivity index (χ3n) is 6.24. The number of alkyl halides is 3. The monoisotopic (exact) mass is 632 g/mol. The summed E-state index contributed by atoms with van der Waals surface area (Å²) in [5.74, 6) is -5.00. The highest BCUT2D eigenvalue weighted by Crippen LogP contribution is 2.22. The summed E-state index contributed by atoms with van der Waals surface area (Å²) in [5, 5.41) is 18.9. The molecule has 0 aliphatic heterocycles. The molecule has 16 nitrogen and oxygen atoms in total. The zero-order valence-corrected chi connectivity index (χ0v) is 24.0. The second-order valence-corrected chi connectivity index (χ2v) is 9.77. The second kappa shape index (κ2) is 12.8. The minimum absolute atomic E-state index is 0.00336. The lowest BCUT2D eigenvalue weighted by Gasteiger charge is -2.10. The average Bonchev–Trinajstić information content (AvgIpc) is 3.70. The van der Waals surface area contributed by atoms with Gasteiger partial charge in [-0.05, 0) is 12.1 Å². The molecule has 4 aromatic rings. The van der Waals surface area contributed by atoms with Crippen LogP contribution >= 0.6 is 0 Å². The predicted octanol–water partition coefficient (Wildman–Crippen LogP) is 1.82. The number of rotatable bonds is 11. The molecule has 45 heavy (non-hydrogen) atoms. The fourth-order valence-electron chi connectivity index (χ4n) is 4.22. The number of aryl methyl sites for hydroxylation is 3. The molecule has 0 aliphatic carbocycles. The molecule has 0 aliphatic rings. The van der Waals surface area contributed by atoms with Gasteiger partial charge in [0.25, 0.3) is 17.7 Å². The van der Waals surface area contributed by atoms with Gasteiger partial charge in [-0.1, -0.05) is 0 Å². The lowest BCUT2D eigenvalue weighted by molar-refractivity contribution is -0.140. The molecule has 0 fully saturated rings. The summed E-state index contributed by atoms with van der Waals surface area (Å²) in [4.78, 5) is 69.3. The molecule has 5 N–H and O–H groups in total. The highest BCUT2D eigenvalue weighted by atomic mass is 19.4. The quantitative estimate of drug-likeness (QED) is 0.165. The summed E-state index contributed by atoms with van der Waals surface area (Å²) in [6, 6.07) is 2.54. The minimum Gasteiger partial charge on any atom is -0.477 e. The first-order valence-electron chi connectivity index (χ1n) is 13.0. The average molecular weight is 633 g/mol. The molecule has 0 radical (unpaired) electrons. The van der Waals surface area contributed by atoms with Crippen molar-refractivity contribution in [1.29, 1.82) is 0 Å². The van der Waals surface area contributed by atoms with Crippen molar-refractivity contribution in [2.24, 2.45) is 21.1 Å². The first-order chi connectivity index (χ1) is 21.1. The van der Waals surface area contributed by atoms with Gasteiger partial charge in [0.15, 0.2) is 11.6 Å². The highest BCUT2D eigenvalue weighted by molar-refractivity contribution is 6.04. The smallest absolute Gasteiger partial charge is 0.406 e. The van der Waals surface area contributed by atoms with Gasteiger partial charge in [-0.2, -0.15) is 13.2 Å². The van der Waals surface area contributed by atoms with Gasteiger partial charge in [-0.15, -0.1) is 0 Å². The van der Waals surface area contributed by atoms with Gasteiger partial charge in [-0.3, -0.25) is 19.2 Å². The maximum Gasteiger partial charge on any atom is 0.406 e. The summed E-state index contributed by atoms with van der Waals surface area (Å²) in [6.07, 6.45) is 1.63. The second-order valence-electron chi connectivity index (χ2n) is 9.77. The van der Waals surface area contributed by atoms with Crippen LogP contribution in [-0.4, -0.2) is 75.7 Å². The van der Waals surface area contributed by atoms with Crippen molar-refractivity contribution in [3.05, 3.63) is 66.2 Å². The van der Waals surface area contributed by atoms with E-state index < -0.39 is 48.1 Å². The number of aromatic carboxylic acids is 1. The van der Waals surface area contributed by atoms with Crippen LogP contribution in [0.5, 0.6) is 0 Å². The number of carboxylic acid groups (broad SMARTS) is 1. The van der Waals surface area contributed by atoms with Crippen LogP contribution in [0, 0.1) is 0 Å². The largest absolute Gasteiger partial charge is 0.477 e. The van der Waals surface area contributed by atoms with E-state index in [4.69, 9.17) is 5.11 Å². The summed E-state index contributed by atoms with van der Waals surface area (Å²) in [7, 11) is 4.63. The normalized spacial score (nSPS) is 11.2. The molecule has 4 rings (SSSR count). The maximum atomic E-state index is 13.2. The van der Waals surface area contributed by atoms with Crippen molar-refractivity contribution in [3.8, 4) is 0 Å². The molecule has 4 heterocycles. The molecule has 238 valence electrons. The number of aromatic nitrogens is 6. The van der Waals surface area contributed by atoms with Crippen LogP contribution in [-0.2, 0) is 32.5 Å². The van der Waals surface area contributed by atoms with Crippen LogP contribution in [0.3, 0.4) is 0 Å². The van der Waals surface area contributed by atoms with E-state index in [9.17, 15) is 37.1 Å². The number of carbonyl (C=O) groups excluding carboxylic acids is 4. The third kappa shape index (κ3) is 7.94. The summed E-state index contributed by atoms with van der Waals surface area (Å²) in [5.41, 5.74) is 0.325. The number of anilines is 3. The Hall–Kier alpha value is -5.88. The van der Waals surface area contributed by atoms with E-state index >= 15 is 0 Å². The van der Waals surface area contributed by atoms with E-state index in [0.717, 1.165) is 12.3 Å². The van der Waals surface area contributed by atoms with Gasteiger partial charge in [0.05, 0.1) is 11.4 Å². The minimum atomic E-state index is -4.73. The van der Waals surface area contributed by atoms with E-state index in [2.05, 4.69) is 31.2 Å². The molecule has 0 saturated carbocycles. The molecule has 0 bridgehead atoms. The Balaban J connectivity index is 1.35. The predicted molar refractivity (Wildman–Crippen MR) is 151 cm³/mol. The Morgan fingerprint density at radius 1 is 0.822 bits per heavy atom. The molecular weight excluding hydrogens is 605 g/mol. The standard InChI is InChI=1S/C26H27F3N10O6/c1-36-7-6-30-20(36)23(42)32-14-8-16(37(2)10-14)22(41)31-5-4-19(40)34-18-12-39(13-26(27,28)29)21(35-18)24(43)33-15-9-17(25(44)45)38(3)11-15/h6-12H,4-5,13H2,1-3H3,(H,31,41)(H,32,42)(H,33,43)(H,34,40)(H,44,45).